The molecule has 0 saturated heterocycles. The number of nitrogens with one attached hydrogen (secondary N) is 2. The van der Waals surface area contributed by atoms with Crippen LogP contribution in [0, 0.1) is 0 Å². The third-order valence-electron chi connectivity index (χ3n) is 3.46. The van der Waals surface area contributed by atoms with E-state index in [1.54, 1.807) is 11.3 Å². The van der Waals surface area contributed by atoms with E-state index in [0.29, 0.717) is 6.04 Å². The molecule has 0 amide bonds. The van der Waals surface area contributed by atoms with Gasteiger partial charge in [-0.3, -0.25) is 4.99 Å². The number of thiophene rings is 1. The predicted molar refractivity (Wildman–Crippen MR) is 84.4 cm³/mol. The fourth-order valence-electron chi connectivity index (χ4n) is 2.43. The number of rotatable bonds is 4. The average Bonchev–Trinajstić information content (AvgIpc) is 2.84. The van der Waals surface area contributed by atoms with Crippen molar-refractivity contribution < 1.29 is 0 Å². The maximum atomic E-state index is 5.92. The lowest BCUT2D eigenvalue weighted by atomic mass is 9.96. The predicted octanol–water partition coefficient (Wildman–Crippen LogP) is 3.44. The summed E-state index contributed by atoms with van der Waals surface area (Å²) in [5.74, 6) is 0.926. The van der Waals surface area contributed by atoms with Gasteiger partial charge in [-0.1, -0.05) is 30.9 Å². The standard InChI is InChI=1S/C14H22ClN3S/c1-16-14(18-11-5-3-2-4-6-11)17-10-9-12-7-8-13(15)19-12/h7-8,11H,2-6,9-10H2,1H3,(H2,16,17,18). The summed E-state index contributed by atoms with van der Waals surface area (Å²) in [4.78, 5) is 5.60. The fourth-order valence-corrected chi connectivity index (χ4v) is 3.51. The van der Waals surface area contributed by atoms with Crippen LogP contribution in [0.3, 0.4) is 0 Å². The summed E-state index contributed by atoms with van der Waals surface area (Å²) in [6.45, 7) is 0.892. The highest BCUT2D eigenvalue weighted by atomic mass is 35.5. The summed E-state index contributed by atoms with van der Waals surface area (Å²) in [6, 6.07) is 4.64. The van der Waals surface area contributed by atoms with Crippen molar-refractivity contribution in [1.29, 1.82) is 0 Å². The second kappa shape index (κ2) is 7.75. The van der Waals surface area contributed by atoms with Crippen molar-refractivity contribution in [3.8, 4) is 0 Å². The van der Waals surface area contributed by atoms with Crippen LogP contribution in [0.2, 0.25) is 4.34 Å². The number of nitrogens with zero attached hydrogens (tertiary/aromatic N) is 1. The van der Waals surface area contributed by atoms with E-state index in [4.69, 9.17) is 11.6 Å². The minimum absolute atomic E-state index is 0.594. The molecular formula is C14H22ClN3S. The molecule has 1 aromatic heterocycles. The fraction of sp³-hybridized carbons (Fsp3) is 0.643. The summed E-state index contributed by atoms with van der Waals surface area (Å²) < 4.78 is 0.861. The molecule has 0 bridgehead atoms. The van der Waals surface area contributed by atoms with Gasteiger partial charge in [0.15, 0.2) is 5.96 Å². The molecule has 0 spiro atoms. The zero-order valence-electron chi connectivity index (χ0n) is 11.4. The molecule has 1 saturated carbocycles. The normalized spacial score (nSPS) is 17.5. The van der Waals surface area contributed by atoms with E-state index in [1.165, 1.54) is 37.0 Å². The monoisotopic (exact) mass is 299 g/mol. The Balaban J connectivity index is 1.70. The second-order valence-electron chi connectivity index (χ2n) is 4.93. The molecule has 5 heteroatoms. The van der Waals surface area contributed by atoms with Crippen LogP contribution in [-0.2, 0) is 6.42 Å². The molecule has 0 unspecified atom stereocenters. The van der Waals surface area contributed by atoms with Crippen molar-refractivity contribution in [2.75, 3.05) is 13.6 Å². The Hall–Kier alpha value is -0.740. The van der Waals surface area contributed by atoms with Gasteiger partial charge in [0.25, 0.3) is 0 Å². The van der Waals surface area contributed by atoms with Gasteiger partial charge >= 0.3 is 0 Å². The molecule has 0 aromatic carbocycles. The Morgan fingerprint density at radius 3 is 2.79 bits per heavy atom. The van der Waals surface area contributed by atoms with Crippen LogP contribution in [0.5, 0.6) is 0 Å². The molecule has 0 radical (unpaired) electrons. The summed E-state index contributed by atoms with van der Waals surface area (Å²) in [7, 11) is 1.83. The SMILES string of the molecule is CN=C(NCCc1ccc(Cl)s1)NC1CCCCC1. The van der Waals surface area contributed by atoms with Crippen LogP contribution < -0.4 is 10.6 Å². The average molecular weight is 300 g/mol. The molecule has 0 atom stereocenters. The molecule has 1 fully saturated rings. The maximum absolute atomic E-state index is 5.92. The van der Waals surface area contributed by atoms with Gasteiger partial charge in [0.1, 0.15) is 0 Å². The zero-order valence-corrected chi connectivity index (χ0v) is 13.0. The molecule has 106 valence electrons. The summed E-state index contributed by atoms with van der Waals surface area (Å²) in [6.07, 6.45) is 7.57. The number of hydrogen-bond donors (Lipinski definition) is 2. The van der Waals surface area contributed by atoms with E-state index < -0.39 is 0 Å². The van der Waals surface area contributed by atoms with Gasteiger partial charge in [-0.15, -0.1) is 11.3 Å². The number of guanidine groups is 1. The first-order valence-corrected chi connectivity index (χ1v) is 8.19. The largest absolute Gasteiger partial charge is 0.356 e. The molecule has 0 aliphatic heterocycles. The first kappa shape index (κ1) is 14.7. The maximum Gasteiger partial charge on any atom is 0.191 e. The number of hydrogen-bond acceptors (Lipinski definition) is 2. The lowest BCUT2D eigenvalue weighted by Gasteiger charge is -2.24. The lowest BCUT2D eigenvalue weighted by molar-refractivity contribution is 0.410. The first-order chi connectivity index (χ1) is 9.28. The van der Waals surface area contributed by atoms with Gasteiger partial charge in [0.05, 0.1) is 4.34 Å². The molecule has 1 aliphatic carbocycles. The number of halogens is 1. The van der Waals surface area contributed by atoms with E-state index in [2.05, 4.69) is 21.7 Å². The Morgan fingerprint density at radius 2 is 2.16 bits per heavy atom. The van der Waals surface area contributed by atoms with Crippen molar-refractivity contribution in [1.82, 2.24) is 10.6 Å². The smallest absolute Gasteiger partial charge is 0.191 e. The van der Waals surface area contributed by atoms with Crippen molar-refractivity contribution >= 4 is 28.9 Å². The van der Waals surface area contributed by atoms with Gasteiger partial charge < -0.3 is 10.6 Å². The van der Waals surface area contributed by atoms with Crippen LogP contribution in [0.1, 0.15) is 37.0 Å². The second-order valence-corrected chi connectivity index (χ2v) is 6.73. The first-order valence-electron chi connectivity index (χ1n) is 6.99. The topological polar surface area (TPSA) is 36.4 Å². The van der Waals surface area contributed by atoms with Crippen LogP contribution >= 0.6 is 22.9 Å². The van der Waals surface area contributed by atoms with Gasteiger partial charge in [0, 0.05) is 24.5 Å². The van der Waals surface area contributed by atoms with Crippen LogP contribution in [0.4, 0.5) is 0 Å². The minimum atomic E-state index is 0.594. The van der Waals surface area contributed by atoms with Gasteiger partial charge in [0.2, 0.25) is 0 Å². The molecule has 2 N–H and O–H groups in total. The summed E-state index contributed by atoms with van der Waals surface area (Å²) >= 11 is 7.57. The van der Waals surface area contributed by atoms with Crippen molar-refractivity contribution in [3.05, 3.63) is 21.3 Å². The van der Waals surface area contributed by atoms with Gasteiger partial charge in [-0.2, -0.15) is 0 Å². The van der Waals surface area contributed by atoms with E-state index in [1.807, 2.05) is 13.1 Å². The zero-order chi connectivity index (χ0) is 13.5. The van der Waals surface area contributed by atoms with Crippen LogP contribution in [0.15, 0.2) is 17.1 Å². The molecule has 1 aliphatic rings. The van der Waals surface area contributed by atoms with E-state index in [0.717, 1.165) is 23.3 Å². The van der Waals surface area contributed by atoms with E-state index in [9.17, 15) is 0 Å². The quantitative estimate of drug-likeness (QED) is 0.660. The summed E-state index contributed by atoms with van der Waals surface area (Å²) in [5.41, 5.74) is 0. The molecule has 1 heterocycles. The Kier molecular flexibility index (Phi) is 5.98. The van der Waals surface area contributed by atoms with Gasteiger partial charge in [-0.05, 0) is 31.4 Å². The lowest BCUT2D eigenvalue weighted by Crippen LogP contribution is -2.44. The molecule has 19 heavy (non-hydrogen) atoms. The molecule has 3 nitrogen and oxygen atoms in total. The Labute approximate surface area is 124 Å². The summed E-state index contributed by atoms with van der Waals surface area (Å²) in [5, 5.41) is 6.89. The minimum Gasteiger partial charge on any atom is -0.356 e. The van der Waals surface area contributed by atoms with Crippen molar-refractivity contribution in [2.45, 2.75) is 44.6 Å². The highest BCUT2D eigenvalue weighted by molar-refractivity contribution is 7.16. The highest BCUT2D eigenvalue weighted by Crippen LogP contribution is 2.21. The van der Waals surface area contributed by atoms with E-state index in [-0.39, 0.29) is 0 Å². The third-order valence-corrected chi connectivity index (χ3v) is 4.75. The molecule has 1 aromatic rings. The van der Waals surface area contributed by atoms with Crippen LogP contribution in [-0.4, -0.2) is 25.6 Å². The van der Waals surface area contributed by atoms with Crippen molar-refractivity contribution in [2.24, 2.45) is 4.99 Å². The van der Waals surface area contributed by atoms with Gasteiger partial charge in [-0.25, -0.2) is 0 Å². The van der Waals surface area contributed by atoms with Crippen molar-refractivity contribution in [3.63, 3.8) is 0 Å². The third kappa shape index (κ3) is 5.03. The Morgan fingerprint density at radius 1 is 1.37 bits per heavy atom. The van der Waals surface area contributed by atoms with E-state index >= 15 is 0 Å². The highest BCUT2D eigenvalue weighted by Gasteiger charge is 2.14. The molecular weight excluding hydrogens is 278 g/mol. The molecule has 2 rings (SSSR count). The van der Waals surface area contributed by atoms with Crippen LogP contribution in [0.25, 0.3) is 0 Å². The number of aliphatic imine (C=N–C) groups is 1. The Bertz CT molecular complexity index is 411.